The van der Waals surface area contributed by atoms with Gasteiger partial charge in [0, 0.05) is 0 Å². The van der Waals surface area contributed by atoms with E-state index in [1.807, 2.05) is 0 Å². The molecule has 1 aliphatic heterocycles. The fourth-order valence-corrected chi connectivity index (χ4v) is 0.947. The van der Waals surface area contributed by atoms with Gasteiger partial charge in [-0.2, -0.15) is 0 Å². The van der Waals surface area contributed by atoms with Crippen molar-refractivity contribution in [1.82, 2.24) is 5.48 Å². The van der Waals surface area contributed by atoms with Crippen molar-refractivity contribution in [2.75, 3.05) is 6.61 Å². The standard InChI is InChI=1S/C5H10N2O4/c8-1-2-3(9)4(10)5(6-2)7-11/h2-4,8-11H,1H2,(H,6,7)/t2-,3-,4+/m0/s1. The van der Waals surface area contributed by atoms with E-state index >= 15 is 0 Å². The Morgan fingerprint density at radius 3 is 2.36 bits per heavy atom. The van der Waals surface area contributed by atoms with Crippen molar-refractivity contribution in [2.24, 2.45) is 4.99 Å². The van der Waals surface area contributed by atoms with E-state index in [4.69, 9.17) is 20.5 Å². The van der Waals surface area contributed by atoms with Gasteiger partial charge in [0.2, 0.25) is 0 Å². The monoisotopic (exact) mass is 162 g/mol. The third kappa shape index (κ3) is 1.33. The van der Waals surface area contributed by atoms with Crippen LogP contribution in [0.1, 0.15) is 0 Å². The van der Waals surface area contributed by atoms with Gasteiger partial charge in [0.05, 0.1) is 6.61 Å². The molecule has 0 unspecified atom stereocenters. The van der Waals surface area contributed by atoms with Gasteiger partial charge in [-0.25, -0.2) is 0 Å². The van der Waals surface area contributed by atoms with E-state index < -0.39 is 18.2 Å². The zero-order valence-electron chi connectivity index (χ0n) is 5.68. The molecule has 6 heteroatoms. The van der Waals surface area contributed by atoms with E-state index in [-0.39, 0.29) is 12.4 Å². The van der Waals surface area contributed by atoms with Crippen LogP contribution in [0.3, 0.4) is 0 Å². The van der Waals surface area contributed by atoms with Gasteiger partial charge in [0.25, 0.3) is 0 Å². The highest BCUT2D eigenvalue weighted by molar-refractivity contribution is 5.88. The summed E-state index contributed by atoms with van der Waals surface area (Å²) in [7, 11) is 0. The number of nitrogens with one attached hydrogen (secondary N) is 1. The molecule has 0 aliphatic carbocycles. The molecule has 1 aliphatic rings. The SMILES string of the molecule is OC[C@@H]1N=C(NO)[C@H](O)[C@H]1O. The van der Waals surface area contributed by atoms with Crippen LogP contribution in [0, 0.1) is 0 Å². The van der Waals surface area contributed by atoms with Gasteiger partial charge < -0.3 is 15.3 Å². The van der Waals surface area contributed by atoms with Crippen molar-refractivity contribution in [3.8, 4) is 0 Å². The van der Waals surface area contributed by atoms with Crippen LogP contribution in [0.4, 0.5) is 0 Å². The molecule has 0 saturated heterocycles. The lowest BCUT2D eigenvalue weighted by Crippen LogP contribution is -2.39. The summed E-state index contributed by atoms with van der Waals surface area (Å²) >= 11 is 0. The molecule has 0 saturated carbocycles. The molecule has 0 fully saturated rings. The van der Waals surface area contributed by atoms with Gasteiger partial charge in [0.15, 0.2) is 5.84 Å². The maximum Gasteiger partial charge on any atom is 0.153 e. The number of aliphatic hydroxyl groups excluding tert-OH is 3. The van der Waals surface area contributed by atoms with Crippen molar-refractivity contribution in [3.63, 3.8) is 0 Å². The Morgan fingerprint density at radius 2 is 2.09 bits per heavy atom. The highest BCUT2D eigenvalue weighted by Gasteiger charge is 2.35. The molecule has 6 nitrogen and oxygen atoms in total. The van der Waals surface area contributed by atoms with E-state index in [0.717, 1.165) is 0 Å². The summed E-state index contributed by atoms with van der Waals surface area (Å²) in [5.74, 6) is -0.114. The molecule has 0 amide bonds. The first-order valence-corrected chi connectivity index (χ1v) is 3.15. The first kappa shape index (κ1) is 8.41. The maximum absolute atomic E-state index is 9.08. The van der Waals surface area contributed by atoms with Gasteiger partial charge in [-0.3, -0.25) is 15.7 Å². The number of amidine groups is 1. The van der Waals surface area contributed by atoms with Crippen LogP contribution >= 0.6 is 0 Å². The minimum atomic E-state index is -1.24. The lowest BCUT2D eigenvalue weighted by Gasteiger charge is -2.12. The van der Waals surface area contributed by atoms with Crippen LogP contribution in [0.2, 0.25) is 0 Å². The van der Waals surface area contributed by atoms with Crippen molar-refractivity contribution >= 4 is 5.84 Å². The Balaban J connectivity index is 2.68. The number of nitrogens with zero attached hydrogens (tertiary/aromatic N) is 1. The summed E-state index contributed by atoms with van der Waals surface area (Å²) in [5.41, 5.74) is 1.64. The van der Waals surface area contributed by atoms with Crippen LogP contribution in [-0.2, 0) is 0 Å². The average molecular weight is 162 g/mol. The number of aliphatic imine (C=N–C) groups is 1. The molecule has 0 bridgehead atoms. The molecular formula is C5H10N2O4. The molecule has 64 valence electrons. The fourth-order valence-electron chi connectivity index (χ4n) is 0.947. The van der Waals surface area contributed by atoms with Crippen molar-refractivity contribution in [1.29, 1.82) is 0 Å². The Morgan fingerprint density at radius 1 is 1.45 bits per heavy atom. The van der Waals surface area contributed by atoms with Crippen molar-refractivity contribution in [2.45, 2.75) is 18.2 Å². The van der Waals surface area contributed by atoms with Gasteiger partial charge in [0.1, 0.15) is 18.2 Å². The van der Waals surface area contributed by atoms with E-state index in [9.17, 15) is 0 Å². The average Bonchev–Trinajstić information content (AvgIpc) is 2.30. The number of hydroxylamine groups is 1. The highest BCUT2D eigenvalue weighted by atomic mass is 16.5. The molecule has 0 aromatic rings. The Hall–Kier alpha value is -0.690. The lowest BCUT2D eigenvalue weighted by molar-refractivity contribution is 0.0368. The zero-order valence-corrected chi connectivity index (χ0v) is 5.68. The summed E-state index contributed by atoms with van der Waals surface area (Å²) < 4.78 is 0. The molecule has 0 radical (unpaired) electrons. The second-order valence-electron chi connectivity index (χ2n) is 2.31. The predicted octanol–water partition coefficient (Wildman–Crippen LogP) is -2.54. The van der Waals surface area contributed by atoms with E-state index in [1.165, 1.54) is 0 Å². The van der Waals surface area contributed by atoms with Gasteiger partial charge in [-0.1, -0.05) is 0 Å². The van der Waals surface area contributed by atoms with Gasteiger partial charge >= 0.3 is 0 Å². The molecule has 3 atom stereocenters. The fraction of sp³-hybridized carbons (Fsp3) is 0.800. The summed E-state index contributed by atoms with van der Waals surface area (Å²) in [4.78, 5) is 3.59. The van der Waals surface area contributed by atoms with Gasteiger partial charge in [-0.15, -0.1) is 0 Å². The normalized spacial score (nSPS) is 37.1. The molecule has 1 heterocycles. The van der Waals surface area contributed by atoms with Crippen LogP contribution in [0.15, 0.2) is 4.99 Å². The molecule has 0 aromatic carbocycles. The molecule has 11 heavy (non-hydrogen) atoms. The molecule has 5 N–H and O–H groups in total. The van der Waals surface area contributed by atoms with Crippen LogP contribution in [0.25, 0.3) is 0 Å². The number of aliphatic hydroxyl groups is 3. The largest absolute Gasteiger partial charge is 0.394 e. The van der Waals surface area contributed by atoms with Crippen molar-refractivity contribution in [3.05, 3.63) is 0 Å². The number of hydrogen-bond donors (Lipinski definition) is 5. The summed E-state index contributed by atoms with van der Waals surface area (Å²) in [5, 5.41) is 35.0. The predicted molar refractivity (Wildman–Crippen MR) is 35.2 cm³/mol. The third-order valence-electron chi connectivity index (χ3n) is 1.60. The first-order chi connectivity index (χ1) is 5.20. The second kappa shape index (κ2) is 3.14. The zero-order chi connectivity index (χ0) is 8.43. The number of hydrogen-bond acceptors (Lipinski definition) is 6. The first-order valence-electron chi connectivity index (χ1n) is 3.15. The second-order valence-corrected chi connectivity index (χ2v) is 2.31. The summed E-state index contributed by atoms with van der Waals surface area (Å²) in [6, 6.07) is -0.750. The van der Waals surface area contributed by atoms with Crippen molar-refractivity contribution < 1.29 is 20.5 Å². The topological polar surface area (TPSA) is 105 Å². The molecule has 1 rings (SSSR count). The molecule has 0 aromatic heterocycles. The molecule has 0 spiro atoms. The minimum Gasteiger partial charge on any atom is -0.394 e. The number of rotatable bonds is 1. The highest BCUT2D eigenvalue weighted by Crippen LogP contribution is 2.12. The van der Waals surface area contributed by atoms with Gasteiger partial charge in [-0.05, 0) is 0 Å². The van der Waals surface area contributed by atoms with Crippen LogP contribution < -0.4 is 5.48 Å². The Labute approximate surface area is 62.8 Å². The van der Waals surface area contributed by atoms with E-state index in [1.54, 1.807) is 5.48 Å². The van der Waals surface area contributed by atoms with Crippen LogP contribution in [-0.4, -0.2) is 51.2 Å². The summed E-state index contributed by atoms with van der Waals surface area (Å²) in [6.07, 6.45) is -2.38. The van der Waals surface area contributed by atoms with E-state index in [2.05, 4.69) is 4.99 Å². The third-order valence-corrected chi connectivity index (χ3v) is 1.60. The minimum absolute atomic E-state index is 0.114. The quantitative estimate of drug-likeness (QED) is 0.273. The maximum atomic E-state index is 9.08. The summed E-state index contributed by atoms with van der Waals surface area (Å²) in [6.45, 7) is -0.358. The van der Waals surface area contributed by atoms with E-state index in [0.29, 0.717) is 0 Å². The van der Waals surface area contributed by atoms with Crippen LogP contribution in [0.5, 0.6) is 0 Å². The lowest BCUT2D eigenvalue weighted by atomic mass is 10.1. The Kier molecular flexibility index (Phi) is 2.40. The smallest absolute Gasteiger partial charge is 0.153 e. The Bertz CT molecular complexity index is 172. The molecular weight excluding hydrogens is 152 g/mol.